The summed E-state index contributed by atoms with van der Waals surface area (Å²) >= 11 is 0. The van der Waals surface area contributed by atoms with Crippen LogP contribution < -0.4 is 5.32 Å². The molecule has 0 bridgehead atoms. The van der Waals surface area contributed by atoms with Crippen LogP contribution in [0.1, 0.15) is 36.2 Å². The first kappa shape index (κ1) is 16.1. The quantitative estimate of drug-likeness (QED) is 0.781. The first-order chi connectivity index (χ1) is 11.6. The molecule has 0 saturated heterocycles. The molecule has 1 aromatic carbocycles. The van der Waals surface area contributed by atoms with E-state index in [-0.39, 0.29) is 11.9 Å². The lowest BCUT2D eigenvalue weighted by molar-refractivity contribution is 0.0939. The van der Waals surface area contributed by atoms with Gasteiger partial charge >= 0.3 is 0 Å². The molecule has 1 atom stereocenters. The summed E-state index contributed by atoms with van der Waals surface area (Å²) in [5, 5.41) is 7.48. The number of hydrogen-bond donors (Lipinski definition) is 1. The third kappa shape index (κ3) is 3.11. The summed E-state index contributed by atoms with van der Waals surface area (Å²) in [7, 11) is 0. The van der Waals surface area contributed by atoms with Crippen molar-refractivity contribution in [1.29, 1.82) is 0 Å². The minimum absolute atomic E-state index is 0.105. The molecule has 0 radical (unpaired) electrons. The van der Waals surface area contributed by atoms with Gasteiger partial charge in [0.15, 0.2) is 5.82 Å². The van der Waals surface area contributed by atoms with Crippen molar-refractivity contribution in [1.82, 2.24) is 19.7 Å². The fourth-order valence-corrected chi connectivity index (χ4v) is 2.50. The second kappa shape index (κ2) is 6.74. The van der Waals surface area contributed by atoms with Crippen molar-refractivity contribution in [2.75, 3.05) is 0 Å². The van der Waals surface area contributed by atoms with Crippen molar-refractivity contribution < 1.29 is 4.79 Å². The molecule has 2 aromatic heterocycles. The van der Waals surface area contributed by atoms with Crippen LogP contribution in [0.15, 0.2) is 55.0 Å². The molecule has 124 valence electrons. The van der Waals surface area contributed by atoms with Gasteiger partial charge in [0.2, 0.25) is 0 Å². The summed E-state index contributed by atoms with van der Waals surface area (Å²) in [5.41, 5.74) is 2.67. The van der Waals surface area contributed by atoms with E-state index in [1.54, 1.807) is 10.9 Å². The lowest BCUT2D eigenvalue weighted by atomic mass is 10.2. The summed E-state index contributed by atoms with van der Waals surface area (Å²) in [4.78, 5) is 12.7. The van der Waals surface area contributed by atoms with Gasteiger partial charge in [0.05, 0.1) is 11.9 Å². The van der Waals surface area contributed by atoms with Crippen LogP contribution in [0.4, 0.5) is 0 Å². The van der Waals surface area contributed by atoms with Crippen LogP contribution in [-0.4, -0.2) is 26.3 Å². The number of nitrogens with one attached hydrogen (secondary N) is 1. The molecule has 1 N–H and O–H groups in total. The van der Waals surface area contributed by atoms with Crippen LogP contribution in [0, 0.1) is 6.92 Å². The Labute approximate surface area is 141 Å². The Morgan fingerprint density at radius 1 is 1.21 bits per heavy atom. The van der Waals surface area contributed by atoms with E-state index in [4.69, 9.17) is 0 Å². The van der Waals surface area contributed by atoms with Crippen molar-refractivity contribution in [3.05, 3.63) is 66.1 Å². The minimum Gasteiger partial charge on any atom is -0.349 e. The van der Waals surface area contributed by atoms with Gasteiger partial charge in [0.1, 0.15) is 5.56 Å². The van der Waals surface area contributed by atoms with Gasteiger partial charge in [-0.25, -0.2) is 4.68 Å². The summed E-state index contributed by atoms with van der Waals surface area (Å²) in [6.45, 7) is 6.09. The molecule has 3 aromatic rings. The van der Waals surface area contributed by atoms with E-state index in [2.05, 4.69) is 10.4 Å². The summed E-state index contributed by atoms with van der Waals surface area (Å²) < 4.78 is 3.71. The second-order valence-electron chi connectivity index (χ2n) is 6.00. The molecule has 0 unspecified atom stereocenters. The molecular formula is C19H22N4O. The number of aromatic nitrogens is 3. The van der Waals surface area contributed by atoms with Gasteiger partial charge in [-0.05, 0) is 44.5 Å². The van der Waals surface area contributed by atoms with Crippen molar-refractivity contribution in [3.8, 4) is 11.5 Å². The number of rotatable bonds is 5. The van der Waals surface area contributed by atoms with E-state index in [9.17, 15) is 4.79 Å². The Kier molecular flexibility index (Phi) is 4.51. The van der Waals surface area contributed by atoms with Crippen molar-refractivity contribution in [3.63, 3.8) is 0 Å². The van der Waals surface area contributed by atoms with E-state index in [0.29, 0.717) is 5.56 Å². The first-order valence-corrected chi connectivity index (χ1v) is 8.19. The number of hydrogen-bond acceptors (Lipinski definition) is 2. The Morgan fingerprint density at radius 2 is 1.88 bits per heavy atom. The predicted octanol–water partition coefficient (Wildman–Crippen LogP) is 3.50. The number of aryl methyl sites for hydroxylation is 1. The van der Waals surface area contributed by atoms with Crippen molar-refractivity contribution in [2.45, 2.75) is 33.2 Å². The fourth-order valence-electron chi connectivity index (χ4n) is 2.50. The zero-order chi connectivity index (χ0) is 17.1. The molecule has 0 aliphatic carbocycles. The summed E-state index contributed by atoms with van der Waals surface area (Å²) in [5.74, 6) is 0.635. The molecule has 0 saturated carbocycles. The van der Waals surface area contributed by atoms with Gasteiger partial charge in [-0.2, -0.15) is 5.10 Å². The van der Waals surface area contributed by atoms with E-state index in [1.165, 1.54) is 5.56 Å². The van der Waals surface area contributed by atoms with E-state index < -0.39 is 0 Å². The molecule has 3 rings (SSSR count). The average molecular weight is 322 g/mol. The number of benzene rings is 1. The van der Waals surface area contributed by atoms with Gasteiger partial charge in [-0.3, -0.25) is 4.79 Å². The van der Waals surface area contributed by atoms with E-state index in [1.807, 2.05) is 74.1 Å². The van der Waals surface area contributed by atoms with Gasteiger partial charge in [0, 0.05) is 18.4 Å². The summed E-state index contributed by atoms with van der Waals surface area (Å²) in [6.07, 6.45) is 6.35. The van der Waals surface area contributed by atoms with Crippen LogP contribution in [0.3, 0.4) is 0 Å². The monoisotopic (exact) mass is 322 g/mol. The Bertz CT molecular complexity index is 816. The maximum Gasteiger partial charge on any atom is 0.256 e. The third-order valence-electron chi connectivity index (χ3n) is 4.11. The average Bonchev–Trinajstić information content (AvgIpc) is 3.24. The Hall–Kier alpha value is -2.82. The maximum absolute atomic E-state index is 12.7. The van der Waals surface area contributed by atoms with Gasteiger partial charge in [0.25, 0.3) is 5.91 Å². The zero-order valence-electron chi connectivity index (χ0n) is 14.2. The van der Waals surface area contributed by atoms with Gasteiger partial charge in [-0.15, -0.1) is 0 Å². The second-order valence-corrected chi connectivity index (χ2v) is 6.00. The molecule has 5 heteroatoms. The lowest BCUT2D eigenvalue weighted by Crippen LogP contribution is -2.32. The molecule has 0 spiro atoms. The maximum atomic E-state index is 12.7. The fraction of sp³-hybridized carbons (Fsp3) is 0.263. The highest BCUT2D eigenvalue weighted by molar-refractivity contribution is 5.97. The van der Waals surface area contributed by atoms with Gasteiger partial charge < -0.3 is 9.88 Å². The molecule has 1 amide bonds. The van der Waals surface area contributed by atoms with Crippen LogP contribution in [-0.2, 0) is 0 Å². The highest BCUT2D eigenvalue weighted by Crippen LogP contribution is 2.20. The third-order valence-corrected chi connectivity index (χ3v) is 4.11. The van der Waals surface area contributed by atoms with Crippen LogP contribution >= 0.6 is 0 Å². The molecule has 0 aliphatic heterocycles. The molecular weight excluding hydrogens is 300 g/mol. The van der Waals surface area contributed by atoms with Crippen molar-refractivity contribution in [2.24, 2.45) is 0 Å². The predicted molar refractivity (Wildman–Crippen MR) is 94.8 cm³/mol. The highest BCUT2D eigenvalue weighted by atomic mass is 16.1. The summed E-state index contributed by atoms with van der Waals surface area (Å²) in [6, 6.07) is 12.1. The minimum atomic E-state index is -0.105. The smallest absolute Gasteiger partial charge is 0.256 e. The Morgan fingerprint density at radius 3 is 2.50 bits per heavy atom. The molecule has 5 nitrogen and oxygen atoms in total. The topological polar surface area (TPSA) is 51.9 Å². The SMILES string of the molecule is CC[C@@H](C)NC(=O)c1cnn(-c2ccc(C)cc2)c1-n1cccc1. The lowest BCUT2D eigenvalue weighted by Gasteiger charge is -2.13. The van der Waals surface area contributed by atoms with E-state index >= 15 is 0 Å². The normalized spacial score (nSPS) is 12.1. The highest BCUT2D eigenvalue weighted by Gasteiger charge is 2.20. The van der Waals surface area contributed by atoms with Crippen LogP contribution in [0.25, 0.3) is 11.5 Å². The Balaban J connectivity index is 2.08. The first-order valence-electron chi connectivity index (χ1n) is 8.19. The number of amides is 1. The largest absolute Gasteiger partial charge is 0.349 e. The van der Waals surface area contributed by atoms with Crippen molar-refractivity contribution >= 4 is 5.91 Å². The number of nitrogens with zero attached hydrogens (tertiary/aromatic N) is 3. The molecule has 24 heavy (non-hydrogen) atoms. The zero-order valence-corrected chi connectivity index (χ0v) is 14.2. The van der Waals surface area contributed by atoms with Crippen LogP contribution in [0.5, 0.6) is 0 Å². The van der Waals surface area contributed by atoms with Crippen LogP contribution in [0.2, 0.25) is 0 Å². The standard InChI is InChI=1S/C19H22N4O/c1-4-15(3)21-18(24)17-13-20-23(16-9-7-14(2)8-10-16)19(17)22-11-5-6-12-22/h5-13,15H,4H2,1-3H3,(H,21,24)/t15-/m1/s1. The number of carbonyl (C=O) groups excluding carboxylic acids is 1. The molecule has 2 heterocycles. The van der Waals surface area contributed by atoms with E-state index in [0.717, 1.165) is 17.9 Å². The molecule has 0 aliphatic rings. The van der Waals surface area contributed by atoms with Gasteiger partial charge in [-0.1, -0.05) is 24.6 Å². The number of carbonyl (C=O) groups is 1. The molecule has 0 fully saturated rings.